The minimum absolute atomic E-state index is 0.0239. The number of carbonyl (C=O) groups is 2. The summed E-state index contributed by atoms with van der Waals surface area (Å²) in [6.45, 7) is 15.5. The zero-order valence-corrected chi connectivity index (χ0v) is 28.3. The second-order valence-electron chi connectivity index (χ2n) is 13.4. The molecule has 1 saturated carbocycles. The summed E-state index contributed by atoms with van der Waals surface area (Å²) in [5, 5.41) is 18.2. The zero-order chi connectivity index (χ0) is 32.2. The molecule has 1 aliphatic rings. The molecular formula is C33H56ClN3O6. The third kappa shape index (κ3) is 13.6. The average Bonchev–Trinajstić information content (AvgIpc) is 3.41. The van der Waals surface area contributed by atoms with Gasteiger partial charge in [0.25, 0.3) is 0 Å². The molecule has 9 nitrogen and oxygen atoms in total. The number of nitrogens with zero attached hydrogens (tertiary/aromatic N) is 1. The maximum Gasteiger partial charge on any atom is 0.408 e. The Balaban J connectivity index is 2.23. The first-order valence-corrected chi connectivity index (χ1v) is 16.2. The molecule has 0 radical (unpaired) electrons. The molecule has 1 aromatic rings. The van der Waals surface area contributed by atoms with E-state index >= 15 is 0 Å². The van der Waals surface area contributed by atoms with Crippen LogP contribution in [-0.4, -0.2) is 78.7 Å². The summed E-state index contributed by atoms with van der Waals surface area (Å²) in [5.41, 5.74) is 0.295. The molecule has 0 spiro atoms. The van der Waals surface area contributed by atoms with Gasteiger partial charge in [-0.1, -0.05) is 44.4 Å². The van der Waals surface area contributed by atoms with Crippen molar-refractivity contribution in [3.63, 3.8) is 0 Å². The number of benzene rings is 1. The fraction of sp³-hybridized carbons (Fsp3) is 0.758. The van der Waals surface area contributed by atoms with Crippen molar-refractivity contribution in [1.82, 2.24) is 15.5 Å². The van der Waals surface area contributed by atoms with E-state index in [-0.39, 0.29) is 36.2 Å². The third-order valence-electron chi connectivity index (χ3n) is 7.80. The van der Waals surface area contributed by atoms with Crippen molar-refractivity contribution >= 4 is 23.6 Å². The number of aliphatic hydroxyl groups excluding tert-OH is 1. The number of aliphatic hydroxyl groups is 1. The van der Waals surface area contributed by atoms with E-state index in [0.717, 1.165) is 37.7 Å². The molecule has 0 aliphatic heterocycles. The Bertz CT molecular complexity index is 993. The van der Waals surface area contributed by atoms with Crippen LogP contribution in [0.15, 0.2) is 18.2 Å². The summed E-state index contributed by atoms with van der Waals surface area (Å²) < 4.78 is 16.5. The number of carbonyl (C=O) groups excluding carboxylic acids is 2. The van der Waals surface area contributed by atoms with Crippen LogP contribution in [0, 0.1) is 11.8 Å². The SMILES string of the molecule is COCCCOc1cc(CN(C[C@H](NC(=O)OC(C)(C)C)[C@@H](O)C[C@H](C(=O)NC2CCCC2)C(C)C)C(C)C)ccc1Cl. The Morgan fingerprint density at radius 1 is 1.12 bits per heavy atom. The van der Waals surface area contributed by atoms with Gasteiger partial charge in [0.05, 0.1) is 23.8 Å². The molecule has 0 aromatic heterocycles. The summed E-state index contributed by atoms with van der Waals surface area (Å²) in [7, 11) is 1.66. The highest BCUT2D eigenvalue weighted by atomic mass is 35.5. The van der Waals surface area contributed by atoms with Crippen LogP contribution in [0.25, 0.3) is 0 Å². The Labute approximate surface area is 264 Å². The van der Waals surface area contributed by atoms with E-state index in [1.54, 1.807) is 27.9 Å². The lowest BCUT2D eigenvalue weighted by Gasteiger charge is -2.35. The van der Waals surface area contributed by atoms with Gasteiger partial charge in [0.2, 0.25) is 5.91 Å². The predicted molar refractivity (Wildman–Crippen MR) is 171 cm³/mol. The first kappa shape index (κ1) is 37.1. The number of amides is 2. The Kier molecular flexibility index (Phi) is 15.6. The van der Waals surface area contributed by atoms with Gasteiger partial charge in [-0.15, -0.1) is 0 Å². The molecule has 3 N–H and O–H groups in total. The van der Waals surface area contributed by atoms with Crippen LogP contribution in [-0.2, 0) is 20.8 Å². The van der Waals surface area contributed by atoms with Gasteiger partial charge in [-0.2, -0.15) is 0 Å². The first-order chi connectivity index (χ1) is 20.2. The molecule has 0 heterocycles. The molecule has 246 valence electrons. The predicted octanol–water partition coefficient (Wildman–Crippen LogP) is 5.94. The van der Waals surface area contributed by atoms with Gasteiger partial charge in [-0.25, -0.2) is 4.79 Å². The topological polar surface area (TPSA) is 109 Å². The minimum Gasteiger partial charge on any atom is -0.492 e. The van der Waals surface area contributed by atoms with Crippen molar-refractivity contribution in [3.05, 3.63) is 28.8 Å². The number of ether oxygens (including phenoxy) is 3. The van der Waals surface area contributed by atoms with E-state index in [1.165, 1.54) is 0 Å². The maximum atomic E-state index is 13.3. The van der Waals surface area contributed by atoms with E-state index in [2.05, 4.69) is 29.4 Å². The standard InChI is InChI=1S/C33H56ClN3O6/c1-22(2)26(31(39)35-25-12-9-10-13-25)19-29(38)28(36-32(40)43-33(5,6)7)21-37(23(3)4)20-24-14-15-27(34)30(18-24)42-17-11-16-41-8/h14-15,18,22-23,25-26,28-29,38H,9-13,16-17,19-21H2,1-8H3,(H,35,39)(H,36,40)/t26-,28-,29-/m0/s1. The lowest BCUT2D eigenvalue weighted by Crippen LogP contribution is -2.53. The van der Waals surface area contributed by atoms with E-state index in [1.807, 2.05) is 32.0 Å². The third-order valence-corrected chi connectivity index (χ3v) is 8.11. The highest BCUT2D eigenvalue weighted by molar-refractivity contribution is 6.32. The number of hydrogen-bond donors (Lipinski definition) is 3. The Morgan fingerprint density at radius 3 is 2.37 bits per heavy atom. The van der Waals surface area contributed by atoms with Crippen LogP contribution in [0.4, 0.5) is 4.79 Å². The van der Waals surface area contributed by atoms with Crippen molar-refractivity contribution in [2.45, 2.75) is 123 Å². The van der Waals surface area contributed by atoms with E-state index < -0.39 is 23.8 Å². The maximum absolute atomic E-state index is 13.3. The van der Waals surface area contributed by atoms with Crippen molar-refractivity contribution in [2.75, 3.05) is 26.9 Å². The van der Waals surface area contributed by atoms with Gasteiger partial charge in [-0.3, -0.25) is 9.69 Å². The summed E-state index contributed by atoms with van der Waals surface area (Å²) >= 11 is 6.40. The molecule has 0 saturated heterocycles. The number of hydrogen-bond acceptors (Lipinski definition) is 7. The van der Waals surface area contributed by atoms with Crippen LogP contribution < -0.4 is 15.4 Å². The smallest absolute Gasteiger partial charge is 0.408 e. The minimum atomic E-state index is -0.972. The van der Waals surface area contributed by atoms with E-state index in [4.69, 9.17) is 25.8 Å². The van der Waals surface area contributed by atoms with Gasteiger partial charge >= 0.3 is 6.09 Å². The largest absolute Gasteiger partial charge is 0.492 e. The number of rotatable bonds is 17. The summed E-state index contributed by atoms with van der Waals surface area (Å²) in [4.78, 5) is 28.4. The van der Waals surface area contributed by atoms with Gasteiger partial charge in [-0.05, 0) is 77.5 Å². The van der Waals surface area contributed by atoms with Crippen molar-refractivity contribution < 1.29 is 28.9 Å². The number of methoxy groups -OCH3 is 1. The van der Waals surface area contributed by atoms with Crippen molar-refractivity contribution in [2.24, 2.45) is 11.8 Å². The quantitative estimate of drug-likeness (QED) is 0.184. The highest BCUT2D eigenvalue weighted by Crippen LogP contribution is 2.28. The number of nitrogens with one attached hydrogen (secondary N) is 2. The zero-order valence-electron chi connectivity index (χ0n) is 27.6. The van der Waals surface area contributed by atoms with Crippen LogP contribution in [0.1, 0.15) is 92.6 Å². The molecule has 0 unspecified atom stereocenters. The van der Waals surface area contributed by atoms with Crippen LogP contribution in [0.5, 0.6) is 5.75 Å². The van der Waals surface area contributed by atoms with Crippen LogP contribution in [0.3, 0.4) is 0 Å². The van der Waals surface area contributed by atoms with E-state index in [0.29, 0.717) is 37.1 Å². The van der Waals surface area contributed by atoms with Gasteiger partial charge < -0.3 is 30.0 Å². The number of halogens is 1. The fourth-order valence-electron chi connectivity index (χ4n) is 5.29. The normalized spacial score (nSPS) is 16.4. The molecule has 1 aromatic carbocycles. The average molecular weight is 626 g/mol. The fourth-order valence-corrected chi connectivity index (χ4v) is 5.47. The van der Waals surface area contributed by atoms with Gasteiger partial charge in [0.15, 0.2) is 0 Å². The van der Waals surface area contributed by atoms with Crippen molar-refractivity contribution in [3.8, 4) is 5.75 Å². The molecule has 10 heteroatoms. The van der Waals surface area contributed by atoms with Crippen LogP contribution >= 0.6 is 11.6 Å². The molecule has 1 aliphatic carbocycles. The van der Waals surface area contributed by atoms with Crippen molar-refractivity contribution in [1.29, 1.82) is 0 Å². The molecular weight excluding hydrogens is 570 g/mol. The lowest BCUT2D eigenvalue weighted by molar-refractivity contribution is -0.128. The highest BCUT2D eigenvalue weighted by Gasteiger charge is 2.33. The summed E-state index contributed by atoms with van der Waals surface area (Å²) in [5.74, 6) is 0.211. The molecule has 2 amide bonds. The molecule has 2 rings (SSSR count). The lowest BCUT2D eigenvalue weighted by atomic mass is 9.86. The molecule has 0 bridgehead atoms. The van der Waals surface area contributed by atoms with Gasteiger partial charge in [0.1, 0.15) is 11.4 Å². The summed E-state index contributed by atoms with van der Waals surface area (Å²) in [6, 6.07) is 5.32. The second kappa shape index (κ2) is 18.0. The Morgan fingerprint density at radius 2 is 1.79 bits per heavy atom. The summed E-state index contributed by atoms with van der Waals surface area (Å²) in [6.07, 6.45) is 3.65. The number of alkyl carbamates (subject to hydrolysis) is 1. The first-order valence-electron chi connectivity index (χ1n) is 15.8. The molecule has 1 fully saturated rings. The van der Waals surface area contributed by atoms with Gasteiger partial charge in [0, 0.05) is 51.2 Å². The Hall–Kier alpha value is -2.07. The molecule has 3 atom stereocenters. The van der Waals surface area contributed by atoms with Crippen LogP contribution in [0.2, 0.25) is 5.02 Å². The monoisotopic (exact) mass is 625 g/mol. The molecule has 43 heavy (non-hydrogen) atoms. The van der Waals surface area contributed by atoms with E-state index in [9.17, 15) is 14.7 Å². The second-order valence-corrected chi connectivity index (χ2v) is 13.8.